The van der Waals surface area contributed by atoms with Crippen LogP contribution in [-0.4, -0.2) is 59.6 Å². The Morgan fingerprint density at radius 3 is 2.06 bits per heavy atom. The van der Waals surface area contributed by atoms with E-state index >= 15 is 0 Å². The fourth-order valence-electron chi connectivity index (χ4n) is 3.72. The van der Waals surface area contributed by atoms with Gasteiger partial charge < -0.3 is 19.5 Å². The molecule has 0 saturated heterocycles. The van der Waals surface area contributed by atoms with Gasteiger partial charge in [-0.15, -0.1) is 0 Å². The maximum absolute atomic E-state index is 10.5. The minimum absolute atomic E-state index is 0.0324. The summed E-state index contributed by atoms with van der Waals surface area (Å²) < 4.78 is 10.8. The number of rotatable bonds is 12. The second-order valence-corrected chi connectivity index (χ2v) is 8.03. The van der Waals surface area contributed by atoms with Crippen LogP contribution < -0.4 is 4.90 Å². The average molecular weight is 450 g/mol. The molecule has 1 aromatic heterocycles. The molecule has 2 aromatic carbocycles. The standard InChI is InChI=1S/C26H31N3O4/c1-19(2)29(20(3)17-32-14-15-33-18-24(30)31)23-16-27-25(21-10-6-4-7-11-21)26(28-23)22-12-8-5-9-13-22/h4-13,16,19-20H,14-15,17-18H2,1-3H3,(H,30,31). The van der Waals surface area contributed by atoms with E-state index in [1.54, 1.807) is 0 Å². The van der Waals surface area contributed by atoms with Gasteiger partial charge in [-0.05, 0) is 20.8 Å². The third-order valence-corrected chi connectivity index (χ3v) is 5.11. The summed E-state index contributed by atoms with van der Waals surface area (Å²) in [5.41, 5.74) is 3.70. The van der Waals surface area contributed by atoms with Gasteiger partial charge in [0, 0.05) is 17.2 Å². The molecule has 1 N–H and O–H groups in total. The first-order valence-electron chi connectivity index (χ1n) is 11.1. The molecule has 0 bridgehead atoms. The van der Waals surface area contributed by atoms with Crippen molar-refractivity contribution >= 4 is 11.8 Å². The lowest BCUT2D eigenvalue weighted by Crippen LogP contribution is -2.42. The highest BCUT2D eigenvalue weighted by Crippen LogP contribution is 2.31. The Balaban J connectivity index is 1.82. The molecule has 0 radical (unpaired) electrons. The number of benzene rings is 2. The van der Waals surface area contributed by atoms with Gasteiger partial charge in [-0.2, -0.15) is 0 Å². The molecule has 3 rings (SSSR count). The highest BCUT2D eigenvalue weighted by atomic mass is 16.5. The maximum Gasteiger partial charge on any atom is 0.329 e. The number of aliphatic carboxylic acids is 1. The lowest BCUT2D eigenvalue weighted by Gasteiger charge is -2.34. The Morgan fingerprint density at radius 2 is 1.48 bits per heavy atom. The number of nitrogens with zero attached hydrogens (tertiary/aromatic N) is 3. The SMILES string of the molecule is CC(C)N(c1cnc(-c2ccccc2)c(-c2ccccc2)n1)C(C)COCCOCC(=O)O. The Kier molecular flexibility index (Phi) is 8.92. The Hall–Kier alpha value is -3.29. The molecule has 0 aliphatic carbocycles. The number of carboxylic acid groups (broad SMARTS) is 1. The molecule has 0 fully saturated rings. The maximum atomic E-state index is 10.5. The molecule has 1 atom stereocenters. The third-order valence-electron chi connectivity index (χ3n) is 5.11. The first kappa shape index (κ1) is 24.4. The average Bonchev–Trinajstić information content (AvgIpc) is 2.82. The minimum atomic E-state index is -0.985. The summed E-state index contributed by atoms with van der Waals surface area (Å²) in [5, 5.41) is 8.63. The normalized spacial score (nSPS) is 12.0. The van der Waals surface area contributed by atoms with Gasteiger partial charge >= 0.3 is 5.97 Å². The molecule has 1 heterocycles. The number of carbonyl (C=O) groups is 1. The van der Waals surface area contributed by atoms with Crippen molar-refractivity contribution in [2.75, 3.05) is 31.3 Å². The lowest BCUT2D eigenvalue weighted by atomic mass is 10.0. The molecule has 1 unspecified atom stereocenters. The van der Waals surface area contributed by atoms with E-state index in [-0.39, 0.29) is 25.3 Å². The van der Waals surface area contributed by atoms with Crippen LogP contribution in [0.3, 0.4) is 0 Å². The zero-order chi connectivity index (χ0) is 23.6. The topological polar surface area (TPSA) is 84.8 Å². The Labute approximate surface area is 195 Å². The molecule has 33 heavy (non-hydrogen) atoms. The number of aromatic nitrogens is 2. The number of anilines is 1. The van der Waals surface area contributed by atoms with Gasteiger partial charge in [0.05, 0.1) is 43.4 Å². The van der Waals surface area contributed by atoms with Gasteiger partial charge in [0.1, 0.15) is 12.4 Å². The van der Waals surface area contributed by atoms with E-state index in [1.165, 1.54) is 0 Å². The van der Waals surface area contributed by atoms with Crippen LogP contribution in [-0.2, 0) is 14.3 Å². The monoisotopic (exact) mass is 449 g/mol. The highest BCUT2D eigenvalue weighted by Gasteiger charge is 2.22. The van der Waals surface area contributed by atoms with Crippen LogP contribution in [0.1, 0.15) is 20.8 Å². The first-order chi connectivity index (χ1) is 16.0. The summed E-state index contributed by atoms with van der Waals surface area (Å²) in [7, 11) is 0. The van der Waals surface area contributed by atoms with Gasteiger partial charge in [0.2, 0.25) is 0 Å². The van der Waals surface area contributed by atoms with Crippen LogP contribution >= 0.6 is 0 Å². The second kappa shape index (κ2) is 12.1. The number of carboxylic acids is 1. The lowest BCUT2D eigenvalue weighted by molar-refractivity contribution is -0.142. The zero-order valence-corrected chi connectivity index (χ0v) is 19.3. The van der Waals surface area contributed by atoms with Crippen molar-refractivity contribution in [2.45, 2.75) is 32.9 Å². The molecule has 0 saturated carbocycles. The molecule has 3 aromatic rings. The molecule has 0 spiro atoms. The van der Waals surface area contributed by atoms with E-state index < -0.39 is 5.97 Å². The number of hydrogen-bond donors (Lipinski definition) is 1. The van der Waals surface area contributed by atoms with E-state index in [0.717, 1.165) is 28.3 Å². The molecular weight excluding hydrogens is 418 g/mol. The molecule has 174 valence electrons. The van der Waals surface area contributed by atoms with E-state index in [2.05, 4.69) is 25.7 Å². The molecule has 0 aliphatic heterocycles. The van der Waals surface area contributed by atoms with E-state index in [4.69, 9.17) is 24.5 Å². The predicted molar refractivity (Wildman–Crippen MR) is 129 cm³/mol. The van der Waals surface area contributed by atoms with Crippen molar-refractivity contribution in [1.82, 2.24) is 9.97 Å². The summed E-state index contributed by atoms with van der Waals surface area (Å²) in [5.74, 6) is -0.206. The first-order valence-corrected chi connectivity index (χ1v) is 11.1. The summed E-state index contributed by atoms with van der Waals surface area (Å²) in [6, 6.07) is 20.4. The van der Waals surface area contributed by atoms with Crippen LogP contribution in [0.25, 0.3) is 22.5 Å². The number of ether oxygens (including phenoxy) is 2. The predicted octanol–water partition coefficient (Wildman–Crippen LogP) is 4.53. The zero-order valence-electron chi connectivity index (χ0n) is 19.3. The second-order valence-electron chi connectivity index (χ2n) is 8.03. The van der Waals surface area contributed by atoms with E-state index in [1.807, 2.05) is 66.9 Å². The minimum Gasteiger partial charge on any atom is -0.480 e. The fraction of sp³-hybridized carbons (Fsp3) is 0.346. The fourth-order valence-corrected chi connectivity index (χ4v) is 3.72. The molecule has 0 amide bonds. The van der Waals surface area contributed by atoms with Crippen molar-refractivity contribution in [3.05, 3.63) is 66.9 Å². The third kappa shape index (κ3) is 6.84. The van der Waals surface area contributed by atoms with Crippen molar-refractivity contribution < 1.29 is 19.4 Å². The summed E-state index contributed by atoms with van der Waals surface area (Å²) in [6.07, 6.45) is 1.82. The summed E-state index contributed by atoms with van der Waals surface area (Å²) in [6.45, 7) is 7.01. The highest BCUT2D eigenvalue weighted by molar-refractivity contribution is 5.78. The van der Waals surface area contributed by atoms with Gasteiger partial charge in [-0.3, -0.25) is 4.98 Å². The van der Waals surface area contributed by atoms with Crippen LogP contribution in [0.15, 0.2) is 66.9 Å². The van der Waals surface area contributed by atoms with Crippen molar-refractivity contribution in [3.63, 3.8) is 0 Å². The quantitative estimate of drug-likeness (QED) is 0.407. The smallest absolute Gasteiger partial charge is 0.329 e. The van der Waals surface area contributed by atoms with Gasteiger partial charge in [0.25, 0.3) is 0 Å². The molecule has 7 nitrogen and oxygen atoms in total. The largest absolute Gasteiger partial charge is 0.480 e. The summed E-state index contributed by atoms with van der Waals surface area (Å²) in [4.78, 5) is 22.6. The Bertz CT molecular complexity index is 1010. The van der Waals surface area contributed by atoms with Crippen LogP contribution in [0, 0.1) is 0 Å². The van der Waals surface area contributed by atoms with Gasteiger partial charge in [-0.1, -0.05) is 60.7 Å². The van der Waals surface area contributed by atoms with E-state index in [9.17, 15) is 4.79 Å². The van der Waals surface area contributed by atoms with Gasteiger partial charge in [0.15, 0.2) is 0 Å². The molecular formula is C26H31N3O4. The Morgan fingerprint density at radius 1 is 0.909 bits per heavy atom. The van der Waals surface area contributed by atoms with Crippen LogP contribution in [0.2, 0.25) is 0 Å². The summed E-state index contributed by atoms with van der Waals surface area (Å²) >= 11 is 0. The van der Waals surface area contributed by atoms with Crippen molar-refractivity contribution in [1.29, 1.82) is 0 Å². The van der Waals surface area contributed by atoms with Crippen LogP contribution in [0.4, 0.5) is 5.82 Å². The van der Waals surface area contributed by atoms with Gasteiger partial charge in [-0.25, -0.2) is 9.78 Å². The van der Waals surface area contributed by atoms with Crippen LogP contribution in [0.5, 0.6) is 0 Å². The van der Waals surface area contributed by atoms with Crippen molar-refractivity contribution in [2.24, 2.45) is 0 Å². The number of hydrogen-bond acceptors (Lipinski definition) is 6. The van der Waals surface area contributed by atoms with Crippen molar-refractivity contribution in [3.8, 4) is 22.5 Å². The molecule has 0 aliphatic rings. The molecule has 7 heteroatoms. The van der Waals surface area contributed by atoms with E-state index in [0.29, 0.717) is 13.2 Å².